The van der Waals surface area contributed by atoms with Crippen LogP contribution in [0.5, 0.6) is 6.01 Å². The molecule has 0 fully saturated rings. The average Bonchev–Trinajstić information content (AvgIpc) is 2.66. The van der Waals surface area contributed by atoms with Crippen LogP contribution >= 0.6 is 0 Å². The van der Waals surface area contributed by atoms with Crippen LogP contribution in [0.4, 0.5) is 5.95 Å². The molecule has 2 N–H and O–H groups in total. The van der Waals surface area contributed by atoms with Crippen LogP contribution in [0.15, 0.2) is 0 Å². The van der Waals surface area contributed by atoms with Crippen LogP contribution in [0, 0.1) is 0 Å². The Morgan fingerprint density at radius 2 is 2.00 bits per heavy atom. The van der Waals surface area contributed by atoms with Gasteiger partial charge in [0, 0.05) is 13.1 Å². The third-order valence-corrected chi connectivity index (χ3v) is 3.66. The Balaban J connectivity index is 2.75. The highest BCUT2D eigenvalue weighted by atomic mass is 32.2. The summed E-state index contributed by atoms with van der Waals surface area (Å²) in [5, 5.41) is 6.14. The molecule has 0 aromatic carbocycles. The van der Waals surface area contributed by atoms with E-state index in [1.165, 1.54) is 4.31 Å². The van der Waals surface area contributed by atoms with E-state index >= 15 is 0 Å². The summed E-state index contributed by atoms with van der Waals surface area (Å²) in [4.78, 5) is 3.83. The maximum atomic E-state index is 11.8. The van der Waals surface area contributed by atoms with Crippen molar-refractivity contribution in [3.63, 3.8) is 0 Å². The standard InChI is InChI=1S/C8H17N5O3S/c1-4-13(5-2)17(14,15)12-7-9-8(11-10-7)16-6-3/h4-6H2,1-3H3,(H2,9,10,11,12). The fraction of sp³-hybridized carbons (Fsp3) is 0.750. The lowest BCUT2D eigenvalue weighted by atomic mass is 10.7. The van der Waals surface area contributed by atoms with Crippen LogP contribution in [0.25, 0.3) is 0 Å². The van der Waals surface area contributed by atoms with E-state index in [1.807, 2.05) is 0 Å². The van der Waals surface area contributed by atoms with Gasteiger partial charge in [0.25, 0.3) is 0 Å². The van der Waals surface area contributed by atoms with Crippen molar-refractivity contribution in [2.75, 3.05) is 24.4 Å². The van der Waals surface area contributed by atoms with Gasteiger partial charge >= 0.3 is 16.2 Å². The molecule has 1 aromatic heterocycles. The number of aromatic amines is 1. The molecule has 0 aliphatic rings. The van der Waals surface area contributed by atoms with Crippen molar-refractivity contribution in [2.45, 2.75) is 20.8 Å². The highest BCUT2D eigenvalue weighted by Gasteiger charge is 2.20. The van der Waals surface area contributed by atoms with E-state index in [0.717, 1.165) is 0 Å². The van der Waals surface area contributed by atoms with Crippen LogP contribution in [0.1, 0.15) is 20.8 Å². The molecule has 0 spiro atoms. The quantitative estimate of drug-likeness (QED) is 0.732. The van der Waals surface area contributed by atoms with E-state index in [9.17, 15) is 8.42 Å². The molecule has 0 amide bonds. The first-order valence-electron chi connectivity index (χ1n) is 5.36. The number of aromatic nitrogens is 3. The van der Waals surface area contributed by atoms with Gasteiger partial charge in [0.05, 0.1) is 6.61 Å². The number of hydrogen-bond donors (Lipinski definition) is 2. The largest absolute Gasteiger partial charge is 0.463 e. The number of nitrogens with zero attached hydrogens (tertiary/aromatic N) is 3. The summed E-state index contributed by atoms with van der Waals surface area (Å²) in [7, 11) is -3.58. The summed E-state index contributed by atoms with van der Waals surface area (Å²) < 4.78 is 32.2. The van der Waals surface area contributed by atoms with Crippen molar-refractivity contribution in [1.29, 1.82) is 0 Å². The van der Waals surface area contributed by atoms with Crippen LogP contribution in [-0.4, -0.2) is 47.6 Å². The van der Waals surface area contributed by atoms with Gasteiger partial charge < -0.3 is 4.74 Å². The average molecular weight is 263 g/mol. The second-order valence-corrected chi connectivity index (χ2v) is 4.76. The Labute approximate surface area is 101 Å². The van der Waals surface area contributed by atoms with E-state index in [1.54, 1.807) is 20.8 Å². The molecule has 9 heteroatoms. The van der Waals surface area contributed by atoms with E-state index < -0.39 is 10.2 Å². The Morgan fingerprint density at radius 1 is 1.35 bits per heavy atom. The number of H-pyrrole nitrogens is 1. The first-order valence-corrected chi connectivity index (χ1v) is 6.80. The zero-order chi connectivity index (χ0) is 12.9. The minimum absolute atomic E-state index is 0.0420. The van der Waals surface area contributed by atoms with Gasteiger partial charge in [-0.25, -0.2) is 9.82 Å². The lowest BCUT2D eigenvalue weighted by Gasteiger charge is -2.17. The van der Waals surface area contributed by atoms with Gasteiger partial charge in [-0.2, -0.15) is 17.7 Å². The van der Waals surface area contributed by atoms with E-state index in [2.05, 4.69) is 19.9 Å². The molecule has 0 saturated carbocycles. The molecule has 0 atom stereocenters. The smallest absolute Gasteiger partial charge is 0.337 e. The Hall–Kier alpha value is -1.35. The first kappa shape index (κ1) is 13.7. The van der Waals surface area contributed by atoms with Crippen LogP contribution < -0.4 is 9.46 Å². The van der Waals surface area contributed by atoms with Crippen molar-refractivity contribution in [1.82, 2.24) is 19.5 Å². The summed E-state index contributed by atoms with van der Waals surface area (Å²) in [5.74, 6) is 0.0420. The van der Waals surface area contributed by atoms with Gasteiger partial charge in [0.15, 0.2) is 0 Å². The second kappa shape index (κ2) is 5.82. The molecule has 0 saturated heterocycles. The molecule has 98 valence electrons. The van der Waals surface area contributed by atoms with E-state index in [4.69, 9.17) is 4.74 Å². The fourth-order valence-electron chi connectivity index (χ4n) is 1.24. The van der Waals surface area contributed by atoms with Gasteiger partial charge in [0.2, 0.25) is 5.95 Å². The number of rotatable bonds is 7. The van der Waals surface area contributed by atoms with Gasteiger partial charge in [-0.3, -0.25) is 0 Å². The minimum Gasteiger partial charge on any atom is -0.463 e. The maximum absolute atomic E-state index is 11.8. The maximum Gasteiger partial charge on any atom is 0.337 e. The third-order valence-electron chi connectivity index (χ3n) is 2.01. The first-order chi connectivity index (χ1) is 8.03. The van der Waals surface area contributed by atoms with Crippen LogP contribution in [0.3, 0.4) is 0 Å². The highest BCUT2D eigenvalue weighted by molar-refractivity contribution is 7.90. The second-order valence-electron chi connectivity index (χ2n) is 3.09. The van der Waals surface area contributed by atoms with E-state index in [0.29, 0.717) is 19.7 Å². The molecule has 8 nitrogen and oxygen atoms in total. The third kappa shape index (κ3) is 3.56. The monoisotopic (exact) mass is 263 g/mol. The number of hydrogen-bond acceptors (Lipinski definition) is 5. The number of nitrogens with one attached hydrogen (secondary N) is 2. The molecule has 0 aliphatic carbocycles. The molecular weight excluding hydrogens is 246 g/mol. The van der Waals surface area contributed by atoms with E-state index in [-0.39, 0.29) is 12.0 Å². The summed E-state index contributed by atoms with van der Waals surface area (Å²) in [6.45, 7) is 6.50. The van der Waals surface area contributed by atoms with Crippen molar-refractivity contribution in [3.8, 4) is 6.01 Å². The SMILES string of the molecule is CCOc1n[nH]c(NS(=O)(=O)N(CC)CC)n1. The molecule has 0 aliphatic heterocycles. The zero-order valence-electron chi connectivity index (χ0n) is 10.1. The van der Waals surface area contributed by atoms with Crippen LogP contribution in [0.2, 0.25) is 0 Å². The van der Waals surface area contributed by atoms with Gasteiger partial charge in [-0.05, 0) is 6.92 Å². The predicted octanol–water partition coefficient (Wildman–Crippen LogP) is 0.202. The fourth-order valence-corrected chi connectivity index (χ4v) is 2.38. The Kier molecular flexibility index (Phi) is 4.70. The normalized spacial score (nSPS) is 11.8. The summed E-state index contributed by atoms with van der Waals surface area (Å²) in [6, 6.07) is 0.116. The molecular formula is C8H17N5O3S. The lowest BCUT2D eigenvalue weighted by Crippen LogP contribution is -2.35. The number of ether oxygens (including phenoxy) is 1. The summed E-state index contributed by atoms with van der Waals surface area (Å²) >= 11 is 0. The molecule has 17 heavy (non-hydrogen) atoms. The van der Waals surface area contributed by atoms with Crippen molar-refractivity contribution >= 4 is 16.2 Å². The molecule has 0 radical (unpaired) electrons. The summed E-state index contributed by atoms with van der Waals surface area (Å²) in [6.07, 6.45) is 0. The molecule has 1 aromatic rings. The lowest BCUT2D eigenvalue weighted by molar-refractivity contribution is 0.314. The van der Waals surface area contributed by atoms with Gasteiger partial charge in [0.1, 0.15) is 0 Å². The zero-order valence-corrected chi connectivity index (χ0v) is 10.9. The predicted molar refractivity (Wildman–Crippen MR) is 63.0 cm³/mol. The molecule has 0 unspecified atom stereocenters. The molecule has 0 bridgehead atoms. The molecule has 1 rings (SSSR count). The Morgan fingerprint density at radius 3 is 2.53 bits per heavy atom. The topological polar surface area (TPSA) is 100 Å². The van der Waals surface area contributed by atoms with Crippen molar-refractivity contribution in [3.05, 3.63) is 0 Å². The van der Waals surface area contributed by atoms with Crippen molar-refractivity contribution in [2.24, 2.45) is 0 Å². The molecule has 1 heterocycles. The minimum atomic E-state index is -3.58. The Bertz CT molecular complexity index is 440. The number of anilines is 1. The van der Waals surface area contributed by atoms with Crippen molar-refractivity contribution < 1.29 is 13.2 Å². The van der Waals surface area contributed by atoms with Crippen LogP contribution in [-0.2, 0) is 10.2 Å². The van der Waals surface area contributed by atoms with Gasteiger partial charge in [-0.15, -0.1) is 5.10 Å². The highest BCUT2D eigenvalue weighted by Crippen LogP contribution is 2.09. The van der Waals surface area contributed by atoms with Gasteiger partial charge in [-0.1, -0.05) is 13.8 Å². The summed E-state index contributed by atoms with van der Waals surface area (Å²) in [5.41, 5.74) is 0.